The minimum atomic E-state index is -0.987. The molecule has 0 bridgehead atoms. The summed E-state index contributed by atoms with van der Waals surface area (Å²) in [7, 11) is 1.85. The first-order chi connectivity index (χ1) is 11.5. The lowest BCUT2D eigenvalue weighted by Gasteiger charge is -2.26. The Bertz CT molecular complexity index is 684. The Balaban J connectivity index is 2.04. The molecule has 0 radical (unpaired) electrons. The summed E-state index contributed by atoms with van der Waals surface area (Å²) in [4.78, 5) is 12.4. The van der Waals surface area contributed by atoms with Gasteiger partial charge in [-0.05, 0) is 37.0 Å². The van der Waals surface area contributed by atoms with E-state index in [4.69, 9.17) is 5.11 Å². The second-order valence-corrected chi connectivity index (χ2v) is 6.07. The minimum absolute atomic E-state index is 0.0312. The molecule has 6 nitrogen and oxygen atoms in total. The summed E-state index contributed by atoms with van der Waals surface area (Å²) in [5.74, 6) is -0.225. The number of benzene rings is 1. The molecule has 1 unspecified atom stereocenters. The van der Waals surface area contributed by atoms with Gasteiger partial charge in [0, 0.05) is 37.5 Å². The third kappa shape index (κ3) is 4.66. The number of carbonyl (C=O) groups is 1. The molecule has 1 aromatic heterocycles. The molecular formula is C18H25N3O3. The van der Waals surface area contributed by atoms with Crippen LogP contribution in [0.4, 0.5) is 0 Å². The number of nitrogens with zero attached hydrogens (tertiary/aromatic N) is 2. The summed E-state index contributed by atoms with van der Waals surface area (Å²) in [6.07, 6.45) is 5.12. The highest BCUT2D eigenvalue weighted by molar-refractivity contribution is 5.95. The van der Waals surface area contributed by atoms with Gasteiger partial charge in [-0.1, -0.05) is 19.1 Å². The Kier molecular flexibility index (Phi) is 6.11. The molecule has 0 saturated heterocycles. The van der Waals surface area contributed by atoms with E-state index in [0.29, 0.717) is 24.8 Å². The lowest BCUT2D eigenvalue weighted by Crippen LogP contribution is -2.42. The van der Waals surface area contributed by atoms with Gasteiger partial charge in [0.15, 0.2) is 0 Å². The van der Waals surface area contributed by atoms with Crippen molar-refractivity contribution in [2.75, 3.05) is 13.2 Å². The van der Waals surface area contributed by atoms with Gasteiger partial charge in [-0.3, -0.25) is 9.48 Å². The highest BCUT2D eigenvalue weighted by Crippen LogP contribution is 2.20. The standard InChI is InChI=1S/C18H25N3O3/c1-3-18(24,8-5-9-22)13-19-17(23)15-7-4-6-14(10-15)16-11-20-21(2)12-16/h4,6-7,10-12,22,24H,3,5,8-9,13H2,1-2H3,(H,19,23). The quantitative estimate of drug-likeness (QED) is 0.687. The molecule has 6 heteroatoms. The van der Waals surface area contributed by atoms with Crippen LogP contribution < -0.4 is 5.32 Å². The fourth-order valence-corrected chi connectivity index (χ4v) is 2.56. The van der Waals surface area contributed by atoms with Crippen molar-refractivity contribution in [1.29, 1.82) is 0 Å². The summed E-state index contributed by atoms with van der Waals surface area (Å²) in [6, 6.07) is 7.31. The topological polar surface area (TPSA) is 87.4 Å². The van der Waals surface area contributed by atoms with Gasteiger partial charge < -0.3 is 15.5 Å². The lowest BCUT2D eigenvalue weighted by atomic mass is 9.94. The molecule has 0 aliphatic heterocycles. The van der Waals surface area contributed by atoms with Crippen molar-refractivity contribution in [3.8, 4) is 11.1 Å². The van der Waals surface area contributed by atoms with Crippen LogP contribution in [-0.4, -0.2) is 44.7 Å². The lowest BCUT2D eigenvalue weighted by molar-refractivity contribution is 0.0212. The number of nitrogens with one attached hydrogen (secondary N) is 1. The van der Waals surface area contributed by atoms with E-state index in [0.717, 1.165) is 11.1 Å². The number of aliphatic hydroxyl groups excluding tert-OH is 1. The number of hydrogen-bond donors (Lipinski definition) is 3. The predicted molar refractivity (Wildman–Crippen MR) is 92.5 cm³/mol. The second kappa shape index (κ2) is 8.08. The fraction of sp³-hybridized carbons (Fsp3) is 0.444. The van der Waals surface area contributed by atoms with Crippen LogP contribution >= 0.6 is 0 Å². The molecule has 1 heterocycles. The largest absolute Gasteiger partial charge is 0.396 e. The monoisotopic (exact) mass is 331 g/mol. The second-order valence-electron chi connectivity index (χ2n) is 6.07. The van der Waals surface area contributed by atoms with Gasteiger partial charge >= 0.3 is 0 Å². The predicted octanol–water partition coefficient (Wildman–Crippen LogP) is 1.73. The maximum Gasteiger partial charge on any atom is 0.251 e. The summed E-state index contributed by atoms with van der Waals surface area (Å²) < 4.78 is 1.71. The number of aromatic nitrogens is 2. The number of rotatable bonds is 8. The number of amides is 1. The molecule has 0 spiro atoms. The Morgan fingerprint density at radius 1 is 1.38 bits per heavy atom. The first-order valence-corrected chi connectivity index (χ1v) is 8.18. The number of aryl methyl sites for hydroxylation is 1. The van der Waals surface area contributed by atoms with Gasteiger partial charge in [0.05, 0.1) is 11.8 Å². The first kappa shape index (κ1) is 18.2. The average molecular weight is 331 g/mol. The third-order valence-corrected chi connectivity index (χ3v) is 4.20. The summed E-state index contributed by atoms with van der Waals surface area (Å²) in [6.45, 7) is 2.06. The molecule has 0 aliphatic carbocycles. The van der Waals surface area contributed by atoms with Crippen molar-refractivity contribution < 1.29 is 15.0 Å². The summed E-state index contributed by atoms with van der Waals surface area (Å²) in [5.41, 5.74) is 1.42. The molecule has 130 valence electrons. The van der Waals surface area contributed by atoms with Crippen molar-refractivity contribution in [1.82, 2.24) is 15.1 Å². The van der Waals surface area contributed by atoms with Crippen molar-refractivity contribution in [2.45, 2.75) is 31.8 Å². The highest BCUT2D eigenvalue weighted by Gasteiger charge is 2.25. The molecule has 1 amide bonds. The van der Waals surface area contributed by atoms with E-state index >= 15 is 0 Å². The molecule has 24 heavy (non-hydrogen) atoms. The van der Waals surface area contributed by atoms with E-state index in [2.05, 4.69) is 10.4 Å². The van der Waals surface area contributed by atoms with E-state index in [-0.39, 0.29) is 19.1 Å². The fourth-order valence-electron chi connectivity index (χ4n) is 2.56. The van der Waals surface area contributed by atoms with Crippen LogP contribution in [-0.2, 0) is 7.05 Å². The van der Waals surface area contributed by atoms with Crippen molar-refractivity contribution >= 4 is 5.91 Å². The Morgan fingerprint density at radius 2 is 2.17 bits per heavy atom. The number of aliphatic hydroxyl groups is 2. The number of hydrogen-bond acceptors (Lipinski definition) is 4. The molecule has 3 N–H and O–H groups in total. The van der Waals surface area contributed by atoms with Crippen LogP contribution in [0.25, 0.3) is 11.1 Å². The van der Waals surface area contributed by atoms with E-state index in [1.807, 2.05) is 38.4 Å². The van der Waals surface area contributed by atoms with Gasteiger partial charge in [-0.2, -0.15) is 5.10 Å². The molecule has 0 aliphatic rings. The van der Waals surface area contributed by atoms with E-state index in [1.54, 1.807) is 16.9 Å². The first-order valence-electron chi connectivity index (χ1n) is 8.18. The zero-order valence-corrected chi connectivity index (χ0v) is 14.2. The smallest absolute Gasteiger partial charge is 0.251 e. The minimum Gasteiger partial charge on any atom is -0.396 e. The molecule has 1 aromatic carbocycles. The van der Waals surface area contributed by atoms with E-state index in [1.165, 1.54) is 0 Å². The van der Waals surface area contributed by atoms with E-state index < -0.39 is 5.60 Å². The van der Waals surface area contributed by atoms with Crippen LogP contribution in [0.15, 0.2) is 36.7 Å². The van der Waals surface area contributed by atoms with Crippen LogP contribution in [0, 0.1) is 0 Å². The van der Waals surface area contributed by atoms with Crippen LogP contribution in [0.2, 0.25) is 0 Å². The van der Waals surface area contributed by atoms with Gasteiger partial charge in [0.1, 0.15) is 0 Å². The number of carbonyl (C=O) groups excluding carboxylic acids is 1. The van der Waals surface area contributed by atoms with E-state index in [9.17, 15) is 9.90 Å². The van der Waals surface area contributed by atoms with Crippen LogP contribution in [0.1, 0.15) is 36.5 Å². The van der Waals surface area contributed by atoms with Gasteiger partial charge in [-0.15, -0.1) is 0 Å². The summed E-state index contributed by atoms with van der Waals surface area (Å²) >= 11 is 0. The molecule has 1 atom stereocenters. The highest BCUT2D eigenvalue weighted by atomic mass is 16.3. The Morgan fingerprint density at radius 3 is 2.79 bits per heavy atom. The summed E-state index contributed by atoms with van der Waals surface area (Å²) in [5, 5.41) is 26.3. The van der Waals surface area contributed by atoms with Crippen molar-refractivity contribution in [3.63, 3.8) is 0 Å². The Labute approximate surface area is 142 Å². The van der Waals surface area contributed by atoms with Crippen molar-refractivity contribution in [2.24, 2.45) is 7.05 Å². The maximum absolute atomic E-state index is 12.4. The normalized spacial score (nSPS) is 13.5. The third-order valence-electron chi connectivity index (χ3n) is 4.20. The SMILES string of the molecule is CCC(O)(CCCO)CNC(=O)c1cccc(-c2cnn(C)c2)c1. The molecule has 2 rings (SSSR count). The zero-order chi connectivity index (χ0) is 17.6. The zero-order valence-electron chi connectivity index (χ0n) is 14.2. The molecule has 0 saturated carbocycles. The molecule has 0 fully saturated rings. The average Bonchev–Trinajstić information content (AvgIpc) is 3.04. The van der Waals surface area contributed by atoms with Crippen LogP contribution in [0.3, 0.4) is 0 Å². The Hall–Kier alpha value is -2.18. The van der Waals surface area contributed by atoms with Gasteiger partial charge in [-0.25, -0.2) is 0 Å². The molecule has 2 aromatic rings. The maximum atomic E-state index is 12.4. The van der Waals surface area contributed by atoms with Gasteiger partial charge in [0.2, 0.25) is 0 Å². The molecular weight excluding hydrogens is 306 g/mol. The van der Waals surface area contributed by atoms with Crippen LogP contribution in [0.5, 0.6) is 0 Å². The van der Waals surface area contributed by atoms with Gasteiger partial charge in [0.25, 0.3) is 5.91 Å². The van der Waals surface area contributed by atoms with Crippen molar-refractivity contribution in [3.05, 3.63) is 42.2 Å².